The maximum atomic E-state index is 11.4. The number of carbonyl (C=O) groups excluding carboxylic acids is 1. The molecular weight excluding hydrogens is 152 g/mol. The molecule has 0 N–H and O–H groups in total. The molecule has 1 heterocycles. The smallest absolute Gasteiger partial charge is 0.165 e. The fourth-order valence-electron chi connectivity index (χ4n) is 1.45. The van der Waals surface area contributed by atoms with Gasteiger partial charge < -0.3 is 4.74 Å². The molecule has 1 aliphatic rings. The summed E-state index contributed by atoms with van der Waals surface area (Å²) < 4.78 is 5.43. The summed E-state index contributed by atoms with van der Waals surface area (Å²) in [4.78, 5) is 11.4. The van der Waals surface area contributed by atoms with Gasteiger partial charge in [0.1, 0.15) is 6.10 Å². The Labute approximate surface area is 73.6 Å². The quantitative estimate of drug-likeness (QED) is 0.603. The summed E-state index contributed by atoms with van der Waals surface area (Å²) in [5.74, 6) is 0.187. The van der Waals surface area contributed by atoms with Gasteiger partial charge in [-0.05, 0) is 26.7 Å². The second kappa shape index (κ2) is 3.85. The Morgan fingerprint density at radius 3 is 2.67 bits per heavy atom. The second-order valence-corrected chi connectivity index (χ2v) is 3.61. The summed E-state index contributed by atoms with van der Waals surface area (Å²) in [5, 5.41) is 0. The minimum Gasteiger partial charge on any atom is -0.367 e. The predicted octanol–water partition coefficient (Wildman–Crippen LogP) is 2.09. The molecule has 1 aliphatic heterocycles. The Morgan fingerprint density at radius 1 is 1.58 bits per heavy atom. The van der Waals surface area contributed by atoms with Gasteiger partial charge in [-0.1, -0.05) is 12.2 Å². The predicted molar refractivity (Wildman–Crippen MR) is 48.0 cm³/mol. The molecule has 0 saturated carbocycles. The van der Waals surface area contributed by atoms with E-state index in [0.717, 1.165) is 18.4 Å². The van der Waals surface area contributed by atoms with Crippen LogP contribution >= 0.6 is 0 Å². The van der Waals surface area contributed by atoms with E-state index >= 15 is 0 Å². The van der Waals surface area contributed by atoms with Crippen LogP contribution in [0.15, 0.2) is 12.2 Å². The maximum Gasteiger partial charge on any atom is 0.165 e. The molecule has 2 atom stereocenters. The highest BCUT2D eigenvalue weighted by atomic mass is 16.5. The van der Waals surface area contributed by atoms with Crippen LogP contribution in [0.4, 0.5) is 0 Å². The molecule has 2 nitrogen and oxygen atoms in total. The van der Waals surface area contributed by atoms with Gasteiger partial charge in [0.25, 0.3) is 0 Å². The lowest BCUT2D eigenvalue weighted by molar-refractivity contribution is -0.128. The van der Waals surface area contributed by atoms with Gasteiger partial charge >= 0.3 is 0 Å². The molecule has 0 radical (unpaired) electrons. The molecule has 0 amide bonds. The largest absolute Gasteiger partial charge is 0.367 e. The lowest BCUT2D eigenvalue weighted by Gasteiger charge is -2.09. The highest BCUT2D eigenvalue weighted by Crippen LogP contribution is 2.21. The number of Topliss-reactive ketones (excluding diaryl/α,β-unsaturated/α-hetero) is 1. The third kappa shape index (κ3) is 2.45. The molecule has 0 aromatic carbocycles. The van der Waals surface area contributed by atoms with Crippen LogP contribution in [-0.2, 0) is 9.53 Å². The van der Waals surface area contributed by atoms with Gasteiger partial charge in [-0.2, -0.15) is 0 Å². The van der Waals surface area contributed by atoms with Crippen molar-refractivity contribution in [2.24, 2.45) is 0 Å². The van der Waals surface area contributed by atoms with Crippen LogP contribution in [0.5, 0.6) is 0 Å². The Hall–Kier alpha value is -0.630. The molecule has 2 heteroatoms. The fourth-order valence-corrected chi connectivity index (χ4v) is 1.45. The number of rotatable bonds is 3. The Bertz CT molecular complexity index is 196. The average Bonchev–Trinajstić information content (AvgIpc) is 2.34. The van der Waals surface area contributed by atoms with E-state index in [9.17, 15) is 4.79 Å². The van der Waals surface area contributed by atoms with Crippen LogP contribution in [0.1, 0.15) is 33.1 Å². The van der Waals surface area contributed by atoms with Gasteiger partial charge in [0.15, 0.2) is 5.78 Å². The van der Waals surface area contributed by atoms with E-state index in [2.05, 4.69) is 6.58 Å². The first-order chi connectivity index (χ1) is 5.59. The third-order valence-electron chi connectivity index (χ3n) is 2.07. The van der Waals surface area contributed by atoms with Crippen LogP contribution in [-0.4, -0.2) is 18.0 Å². The Balaban J connectivity index is 2.38. The molecule has 0 aliphatic carbocycles. The summed E-state index contributed by atoms with van der Waals surface area (Å²) in [7, 11) is 0. The van der Waals surface area contributed by atoms with Gasteiger partial charge in [0.05, 0.1) is 6.10 Å². The summed E-state index contributed by atoms with van der Waals surface area (Å²) in [6.45, 7) is 7.59. The van der Waals surface area contributed by atoms with Crippen molar-refractivity contribution < 1.29 is 9.53 Å². The molecule has 0 spiro atoms. The van der Waals surface area contributed by atoms with Gasteiger partial charge in [-0.3, -0.25) is 4.79 Å². The number of ether oxygens (including phenoxy) is 1. The molecule has 2 unspecified atom stereocenters. The van der Waals surface area contributed by atoms with Crippen LogP contribution in [0.25, 0.3) is 0 Å². The monoisotopic (exact) mass is 168 g/mol. The lowest BCUT2D eigenvalue weighted by Crippen LogP contribution is -2.20. The van der Waals surface area contributed by atoms with E-state index in [1.807, 2.05) is 13.8 Å². The minimum absolute atomic E-state index is 0.156. The van der Waals surface area contributed by atoms with Crippen molar-refractivity contribution in [2.45, 2.75) is 45.3 Å². The Kier molecular flexibility index (Phi) is 3.04. The molecule has 68 valence electrons. The van der Waals surface area contributed by atoms with Crippen molar-refractivity contribution in [3.63, 3.8) is 0 Å². The zero-order chi connectivity index (χ0) is 9.14. The SMILES string of the molecule is C=C(C)CC(=O)C1CCC(C)O1. The number of ketones is 1. The molecule has 1 saturated heterocycles. The van der Waals surface area contributed by atoms with Crippen molar-refractivity contribution >= 4 is 5.78 Å². The topological polar surface area (TPSA) is 26.3 Å². The maximum absolute atomic E-state index is 11.4. The van der Waals surface area contributed by atoms with E-state index in [1.54, 1.807) is 0 Å². The van der Waals surface area contributed by atoms with Gasteiger partial charge in [0.2, 0.25) is 0 Å². The zero-order valence-corrected chi connectivity index (χ0v) is 7.80. The van der Waals surface area contributed by atoms with E-state index < -0.39 is 0 Å². The number of hydrogen-bond acceptors (Lipinski definition) is 2. The zero-order valence-electron chi connectivity index (χ0n) is 7.80. The third-order valence-corrected chi connectivity index (χ3v) is 2.07. The van der Waals surface area contributed by atoms with Crippen molar-refractivity contribution in [1.82, 2.24) is 0 Å². The molecular formula is C10H16O2. The molecule has 1 rings (SSSR count). The fraction of sp³-hybridized carbons (Fsp3) is 0.700. The van der Waals surface area contributed by atoms with Gasteiger partial charge in [-0.15, -0.1) is 0 Å². The summed E-state index contributed by atoms with van der Waals surface area (Å²) in [6, 6.07) is 0. The second-order valence-electron chi connectivity index (χ2n) is 3.61. The van der Waals surface area contributed by atoms with Crippen molar-refractivity contribution in [2.75, 3.05) is 0 Å². The molecule has 12 heavy (non-hydrogen) atoms. The van der Waals surface area contributed by atoms with Crippen molar-refractivity contribution in [1.29, 1.82) is 0 Å². The minimum atomic E-state index is -0.156. The molecule has 0 bridgehead atoms. The van der Waals surface area contributed by atoms with Crippen LogP contribution in [0, 0.1) is 0 Å². The number of hydrogen-bond donors (Lipinski definition) is 0. The first-order valence-electron chi connectivity index (χ1n) is 4.42. The lowest BCUT2D eigenvalue weighted by atomic mass is 10.1. The highest BCUT2D eigenvalue weighted by molar-refractivity contribution is 5.85. The van der Waals surface area contributed by atoms with E-state index in [0.29, 0.717) is 6.42 Å². The average molecular weight is 168 g/mol. The highest BCUT2D eigenvalue weighted by Gasteiger charge is 2.27. The van der Waals surface area contributed by atoms with Gasteiger partial charge in [-0.25, -0.2) is 0 Å². The standard InChI is InChI=1S/C10H16O2/c1-7(2)6-9(11)10-5-4-8(3)12-10/h8,10H,1,4-6H2,2-3H3. The summed E-state index contributed by atoms with van der Waals surface area (Å²) in [6.07, 6.45) is 2.46. The van der Waals surface area contributed by atoms with Crippen molar-refractivity contribution in [3.05, 3.63) is 12.2 Å². The van der Waals surface area contributed by atoms with Gasteiger partial charge in [0, 0.05) is 6.42 Å². The van der Waals surface area contributed by atoms with E-state index in [-0.39, 0.29) is 18.0 Å². The normalized spacial score (nSPS) is 28.8. The first-order valence-corrected chi connectivity index (χ1v) is 4.42. The molecule has 1 fully saturated rings. The molecule has 0 aromatic rings. The first kappa shape index (κ1) is 9.46. The Morgan fingerprint density at radius 2 is 2.25 bits per heavy atom. The molecule has 0 aromatic heterocycles. The van der Waals surface area contributed by atoms with Crippen molar-refractivity contribution in [3.8, 4) is 0 Å². The van der Waals surface area contributed by atoms with Crippen LogP contribution in [0.3, 0.4) is 0 Å². The summed E-state index contributed by atoms with van der Waals surface area (Å²) >= 11 is 0. The van der Waals surface area contributed by atoms with E-state index in [1.165, 1.54) is 0 Å². The van der Waals surface area contributed by atoms with E-state index in [4.69, 9.17) is 4.74 Å². The van der Waals surface area contributed by atoms with Crippen LogP contribution < -0.4 is 0 Å². The number of allylic oxidation sites excluding steroid dienone is 1. The number of carbonyl (C=O) groups is 1. The summed E-state index contributed by atoms with van der Waals surface area (Å²) in [5.41, 5.74) is 0.920. The van der Waals surface area contributed by atoms with Crippen LogP contribution in [0.2, 0.25) is 0 Å².